The molecule has 1 atom stereocenters. The van der Waals surface area contributed by atoms with E-state index in [1.54, 1.807) is 0 Å². The van der Waals surface area contributed by atoms with Gasteiger partial charge in [-0.25, -0.2) is 4.79 Å². The molecule has 32 heavy (non-hydrogen) atoms. The van der Waals surface area contributed by atoms with Crippen molar-refractivity contribution in [3.8, 4) is 0 Å². The minimum absolute atomic E-state index is 0.210. The van der Waals surface area contributed by atoms with Gasteiger partial charge in [0.05, 0.1) is 12.7 Å². The normalized spacial score (nSPS) is 15.8. The van der Waals surface area contributed by atoms with E-state index in [1.807, 2.05) is 36.0 Å². The molecule has 164 valence electrons. The Bertz CT molecular complexity index is 1100. The number of esters is 1. The van der Waals surface area contributed by atoms with E-state index in [9.17, 15) is 4.79 Å². The first-order valence-corrected chi connectivity index (χ1v) is 12.1. The number of hydrogen-bond donors (Lipinski definition) is 0. The van der Waals surface area contributed by atoms with Crippen LogP contribution in [0.1, 0.15) is 58.8 Å². The summed E-state index contributed by atoms with van der Waals surface area (Å²) in [5, 5.41) is 0. The number of thioether (sulfide) groups is 1. The van der Waals surface area contributed by atoms with Crippen LogP contribution < -0.4 is 0 Å². The van der Waals surface area contributed by atoms with Crippen LogP contribution in [0.15, 0.2) is 83.8 Å². The number of ether oxygens (including phenoxy) is 1. The third-order valence-electron chi connectivity index (χ3n) is 6.30. The maximum atomic E-state index is 11.7. The molecule has 1 heterocycles. The Balaban J connectivity index is 1.65. The highest BCUT2D eigenvalue weighted by Crippen LogP contribution is 2.42. The number of benzene rings is 3. The fourth-order valence-corrected chi connectivity index (χ4v) is 5.71. The predicted octanol–water partition coefficient (Wildman–Crippen LogP) is 7.29. The molecule has 0 spiro atoms. The monoisotopic (exact) mass is 442 g/mol. The van der Waals surface area contributed by atoms with Crippen LogP contribution >= 0.6 is 11.8 Å². The maximum Gasteiger partial charge on any atom is 0.337 e. The average Bonchev–Trinajstić information content (AvgIpc) is 2.82. The molecule has 3 aromatic rings. The molecule has 0 saturated carbocycles. The summed E-state index contributed by atoms with van der Waals surface area (Å²) in [6, 6.07) is 25.3. The number of carbonyl (C=O) groups is 1. The molecule has 4 rings (SSSR count). The second kappa shape index (κ2) is 9.79. The van der Waals surface area contributed by atoms with Crippen LogP contribution in [-0.2, 0) is 16.6 Å². The fraction of sp³-hybridized carbons (Fsp3) is 0.276. The third-order valence-corrected chi connectivity index (χ3v) is 7.37. The van der Waals surface area contributed by atoms with Gasteiger partial charge in [-0.1, -0.05) is 80.6 Å². The first-order valence-electron chi connectivity index (χ1n) is 11.1. The van der Waals surface area contributed by atoms with Crippen molar-refractivity contribution in [2.75, 3.05) is 12.9 Å². The van der Waals surface area contributed by atoms with Crippen molar-refractivity contribution in [1.29, 1.82) is 0 Å². The van der Waals surface area contributed by atoms with E-state index in [0.717, 1.165) is 12.0 Å². The summed E-state index contributed by atoms with van der Waals surface area (Å²) in [7, 11) is 1.41. The van der Waals surface area contributed by atoms with Crippen LogP contribution in [0.25, 0.3) is 6.08 Å². The molecule has 0 fully saturated rings. The number of hydrogen-bond acceptors (Lipinski definition) is 3. The topological polar surface area (TPSA) is 26.3 Å². The van der Waals surface area contributed by atoms with Gasteiger partial charge in [-0.15, -0.1) is 11.8 Å². The third kappa shape index (κ3) is 5.16. The molecule has 1 unspecified atom stereocenters. The highest BCUT2D eigenvalue weighted by molar-refractivity contribution is 7.99. The van der Waals surface area contributed by atoms with E-state index >= 15 is 0 Å². The molecule has 1 aliphatic rings. The molecule has 3 aromatic carbocycles. The van der Waals surface area contributed by atoms with Crippen LogP contribution in [0.5, 0.6) is 0 Å². The Labute approximate surface area is 195 Å². The van der Waals surface area contributed by atoms with Gasteiger partial charge in [-0.2, -0.15) is 0 Å². The Kier molecular flexibility index (Phi) is 6.86. The summed E-state index contributed by atoms with van der Waals surface area (Å²) in [6.45, 7) is 4.72. The molecular formula is C29H30O2S. The van der Waals surface area contributed by atoms with Gasteiger partial charge in [0.25, 0.3) is 0 Å². The standard InChI is InChI=1S/C29H30O2S/c1-29(2)17-18-32-27-16-15-25(20-26(27)29)24(19-22-7-5-4-6-8-22)14-11-21-9-12-23(13-10-21)28(30)31-3/h4-16,20,24H,17-19H2,1-3H3. The van der Waals surface area contributed by atoms with Gasteiger partial charge >= 0.3 is 5.97 Å². The number of fused-ring (bicyclic) bond motifs is 1. The molecule has 0 aromatic heterocycles. The van der Waals surface area contributed by atoms with Gasteiger partial charge in [-0.05, 0) is 64.5 Å². The van der Waals surface area contributed by atoms with Gasteiger partial charge in [0.15, 0.2) is 0 Å². The largest absolute Gasteiger partial charge is 0.465 e. The van der Waals surface area contributed by atoms with Crippen LogP contribution in [-0.4, -0.2) is 18.8 Å². The van der Waals surface area contributed by atoms with E-state index < -0.39 is 0 Å². The van der Waals surface area contributed by atoms with Gasteiger partial charge in [0.1, 0.15) is 0 Å². The molecule has 0 radical (unpaired) electrons. The number of rotatable bonds is 6. The average molecular weight is 443 g/mol. The number of allylic oxidation sites excluding steroid dienone is 1. The van der Waals surface area contributed by atoms with Gasteiger partial charge in [0, 0.05) is 10.8 Å². The van der Waals surface area contributed by atoms with Crippen molar-refractivity contribution in [2.45, 2.75) is 42.9 Å². The predicted molar refractivity (Wildman–Crippen MR) is 135 cm³/mol. The summed E-state index contributed by atoms with van der Waals surface area (Å²) in [5.41, 5.74) is 6.01. The van der Waals surface area contributed by atoms with Crippen LogP contribution in [0.4, 0.5) is 0 Å². The SMILES string of the molecule is COC(=O)c1ccc(C=CC(Cc2ccccc2)c2ccc3c(c2)C(C)(C)CCS3)cc1. The summed E-state index contributed by atoms with van der Waals surface area (Å²) in [6.07, 6.45) is 6.61. The van der Waals surface area contributed by atoms with Crippen molar-refractivity contribution < 1.29 is 9.53 Å². The summed E-state index contributed by atoms with van der Waals surface area (Å²) in [4.78, 5) is 13.1. The van der Waals surface area contributed by atoms with Crippen molar-refractivity contribution in [3.63, 3.8) is 0 Å². The quantitative estimate of drug-likeness (QED) is 0.375. The van der Waals surface area contributed by atoms with Crippen LogP contribution in [0, 0.1) is 0 Å². The number of carbonyl (C=O) groups excluding carboxylic acids is 1. The molecule has 0 bridgehead atoms. The zero-order valence-electron chi connectivity index (χ0n) is 19.0. The Morgan fingerprint density at radius 1 is 1.06 bits per heavy atom. The zero-order valence-corrected chi connectivity index (χ0v) is 19.8. The first-order chi connectivity index (χ1) is 15.5. The van der Waals surface area contributed by atoms with Crippen LogP contribution in [0.3, 0.4) is 0 Å². The van der Waals surface area contributed by atoms with Crippen LogP contribution in [0.2, 0.25) is 0 Å². The van der Waals surface area contributed by atoms with Crippen molar-refractivity contribution in [1.82, 2.24) is 0 Å². The molecule has 0 aliphatic carbocycles. The molecular weight excluding hydrogens is 412 g/mol. The molecule has 0 saturated heterocycles. The molecule has 2 nitrogen and oxygen atoms in total. The van der Waals surface area contributed by atoms with E-state index in [4.69, 9.17) is 4.74 Å². The first kappa shape index (κ1) is 22.4. The van der Waals surface area contributed by atoms with Gasteiger partial charge in [-0.3, -0.25) is 0 Å². The smallest absolute Gasteiger partial charge is 0.337 e. The molecule has 0 amide bonds. The fourth-order valence-electron chi connectivity index (χ4n) is 4.22. The molecule has 3 heteroatoms. The lowest BCUT2D eigenvalue weighted by Gasteiger charge is -2.33. The summed E-state index contributed by atoms with van der Waals surface area (Å²) >= 11 is 1.98. The zero-order chi connectivity index (χ0) is 22.6. The lowest BCUT2D eigenvalue weighted by molar-refractivity contribution is 0.0600. The van der Waals surface area contributed by atoms with Crippen molar-refractivity contribution in [2.24, 2.45) is 0 Å². The maximum absolute atomic E-state index is 11.7. The summed E-state index contributed by atoms with van der Waals surface area (Å²) in [5.74, 6) is 1.15. The molecule has 0 N–H and O–H groups in total. The van der Waals surface area contributed by atoms with E-state index in [0.29, 0.717) is 5.56 Å². The second-order valence-electron chi connectivity index (χ2n) is 9.01. The Morgan fingerprint density at radius 3 is 2.53 bits per heavy atom. The minimum atomic E-state index is -0.308. The lowest BCUT2D eigenvalue weighted by Crippen LogP contribution is -2.23. The van der Waals surface area contributed by atoms with E-state index in [2.05, 4.69) is 74.5 Å². The van der Waals surface area contributed by atoms with Crippen molar-refractivity contribution in [3.05, 3.63) is 107 Å². The summed E-state index contributed by atoms with van der Waals surface area (Å²) < 4.78 is 4.80. The van der Waals surface area contributed by atoms with E-state index in [1.165, 1.54) is 40.9 Å². The second-order valence-corrected chi connectivity index (χ2v) is 10.1. The highest BCUT2D eigenvalue weighted by Gasteiger charge is 2.28. The van der Waals surface area contributed by atoms with Gasteiger partial charge < -0.3 is 4.74 Å². The van der Waals surface area contributed by atoms with Crippen molar-refractivity contribution >= 4 is 23.8 Å². The highest BCUT2D eigenvalue weighted by atomic mass is 32.2. The van der Waals surface area contributed by atoms with E-state index in [-0.39, 0.29) is 17.3 Å². The molecule has 1 aliphatic heterocycles. The minimum Gasteiger partial charge on any atom is -0.465 e. The lowest BCUT2D eigenvalue weighted by atomic mass is 9.79. The number of methoxy groups -OCH3 is 1. The van der Waals surface area contributed by atoms with Gasteiger partial charge in [0.2, 0.25) is 0 Å². The Hall–Kier alpha value is -2.78. The Morgan fingerprint density at radius 2 is 1.81 bits per heavy atom.